The lowest BCUT2D eigenvalue weighted by atomic mass is 9.99. The summed E-state index contributed by atoms with van der Waals surface area (Å²) in [7, 11) is 4.00. The van der Waals surface area contributed by atoms with Crippen molar-refractivity contribution in [1.29, 1.82) is 0 Å². The Bertz CT molecular complexity index is 412. The van der Waals surface area contributed by atoms with Gasteiger partial charge in [0.2, 0.25) is 5.91 Å². The molecule has 4 heteroatoms. The highest BCUT2D eigenvalue weighted by Gasteiger charge is 2.16. The van der Waals surface area contributed by atoms with Gasteiger partial charge in [-0.3, -0.25) is 4.79 Å². The Labute approximate surface area is 122 Å². The van der Waals surface area contributed by atoms with Gasteiger partial charge in [0.05, 0.1) is 0 Å². The molecule has 0 saturated heterocycles. The van der Waals surface area contributed by atoms with Crippen LogP contribution in [0.4, 0.5) is 0 Å². The average molecular weight is 277 g/mol. The van der Waals surface area contributed by atoms with E-state index in [9.17, 15) is 4.79 Å². The van der Waals surface area contributed by atoms with E-state index in [0.29, 0.717) is 5.92 Å². The number of nitrogens with two attached hydrogens (primary N) is 1. The van der Waals surface area contributed by atoms with Gasteiger partial charge in [-0.2, -0.15) is 0 Å². The van der Waals surface area contributed by atoms with Crippen molar-refractivity contribution in [2.24, 2.45) is 11.7 Å². The van der Waals surface area contributed by atoms with E-state index < -0.39 is 6.04 Å². The third-order valence-electron chi connectivity index (χ3n) is 3.15. The van der Waals surface area contributed by atoms with Gasteiger partial charge in [-0.05, 0) is 37.6 Å². The fraction of sp³-hybridized carbons (Fsp3) is 0.562. The number of carbonyl (C=O) groups excluding carboxylic acids is 1. The van der Waals surface area contributed by atoms with Gasteiger partial charge in [0.15, 0.2) is 0 Å². The number of amides is 1. The second-order valence-corrected chi connectivity index (χ2v) is 5.93. The SMILES string of the molecule is CC(C)Cc1ccc(C(NCCN(C)C)C(N)=O)cc1. The number of nitrogens with zero attached hydrogens (tertiary/aromatic N) is 1. The molecule has 1 rings (SSSR count). The molecule has 1 atom stereocenters. The Hall–Kier alpha value is -1.39. The molecule has 0 heterocycles. The van der Waals surface area contributed by atoms with E-state index in [0.717, 1.165) is 25.1 Å². The normalized spacial score (nSPS) is 12.9. The molecule has 4 nitrogen and oxygen atoms in total. The molecule has 112 valence electrons. The maximum Gasteiger partial charge on any atom is 0.239 e. The first-order valence-corrected chi connectivity index (χ1v) is 7.16. The predicted octanol–water partition coefficient (Wildman–Crippen LogP) is 1.56. The molecule has 20 heavy (non-hydrogen) atoms. The number of benzene rings is 1. The van der Waals surface area contributed by atoms with E-state index in [1.54, 1.807) is 0 Å². The highest BCUT2D eigenvalue weighted by molar-refractivity contribution is 5.81. The lowest BCUT2D eigenvalue weighted by Gasteiger charge is -2.18. The molecule has 3 N–H and O–H groups in total. The van der Waals surface area contributed by atoms with Crippen LogP contribution in [-0.4, -0.2) is 38.0 Å². The summed E-state index contributed by atoms with van der Waals surface area (Å²) in [5, 5.41) is 3.21. The van der Waals surface area contributed by atoms with Crippen molar-refractivity contribution in [2.45, 2.75) is 26.3 Å². The summed E-state index contributed by atoms with van der Waals surface area (Å²) in [4.78, 5) is 13.7. The summed E-state index contributed by atoms with van der Waals surface area (Å²) < 4.78 is 0. The monoisotopic (exact) mass is 277 g/mol. The van der Waals surface area contributed by atoms with Crippen molar-refractivity contribution in [2.75, 3.05) is 27.2 Å². The number of carbonyl (C=O) groups is 1. The first kappa shape index (κ1) is 16.7. The second-order valence-electron chi connectivity index (χ2n) is 5.93. The van der Waals surface area contributed by atoms with Gasteiger partial charge < -0.3 is 16.0 Å². The van der Waals surface area contributed by atoms with Gasteiger partial charge in [-0.25, -0.2) is 0 Å². The molecular weight excluding hydrogens is 250 g/mol. The number of nitrogens with one attached hydrogen (secondary N) is 1. The van der Waals surface area contributed by atoms with Crippen LogP contribution < -0.4 is 11.1 Å². The highest BCUT2D eigenvalue weighted by atomic mass is 16.1. The molecule has 0 aliphatic heterocycles. The Morgan fingerprint density at radius 1 is 1.25 bits per heavy atom. The van der Waals surface area contributed by atoms with E-state index >= 15 is 0 Å². The number of hydrogen-bond donors (Lipinski definition) is 2. The van der Waals surface area contributed by atoms with Gasteiger partial charge in [-0.15, -0.1) is 0 Å². The van der Waals surface area contributed by atoms with Crippen LogP contribution in [0.5, 0.6) is 0 Å². The molecule has 0 bridgehead atoms. The zero-order valence-electron chi connectivity index (χ0n) is 13.0. The first-order chi connectivity index (χ1) is 9.40. The molecule has 0 radical (unpaired) electrons. The van der Waals surface area contributed by atoms with Crippen LogP contribution in [0.2, 0.25) is 0 Å². The summed E-state index contributed by atoms with van der Waals surface area (Å²) in [6, 6.07) is 7.74. The van der Waals surface area contributed by atoms with Gasteiger partial charge in [0.25, 0.3) is 0 Å². The zero-order valence-corrected chi connectivity index (χ0v) is 13.0. The van der Waals surface area contributed by atoms with Crippen molar-refractivity contribution in [3.63, 3.8) is 0 Å². The summed E-state index contributed by atoms with van der Waals surface area (Å²) in [6.45, 7) is 6.00. The fourth-order valence-corrected chi connectivity index (χ4v) is 2.13. The maximum absolute atomic E-state index is 11.6. The molecule has 0 aliphatic carbocycles. The Morgan fingerprint density at radius 2 is 1.85 bits per heavy atom. The lowest BCUT2D eigenvalue weighted by molar-refractivity contribution is -0.120. The standard InChI is InChI=1S/C16H27N3O/c1-12(2)11-13-5-7-14(8-6-13)15(16(17)20)18-9-10-19(3)4/h5-8,12,15,18H,9-11H2,1-4H3,(H2,17,20). The minimum atomic E-state index is -0.414. The largest absolute Gasteiger partial charge is 0.368 e. The highest BCUT2D eigenvalue weighted by Crippen LogP contribution is 2.15. The van der Waals surface area contributed by atoms with Gasteiger partial charge in [0.1, 0.15) is 6.04 Å². The molecule has 1 amide bonds. The summed E-state index contributed by atoms with van der Waals surface area (Å²) >= 11 is 0. The summed E-state index contributed by atoms with van der Waals surface area (Å²) in [5.74, 6) is 0.298. The summed E-state index contributed by atoms with van der Waals surface area (Å²) in [6.07, 6.45) is 1.05. The first-order valence-electron chi connectivity index (χ1n) is 7.16. The van der Waals surface area contributed by atoms with Crippen LogP contribution in [0.25, 0.3) is 0 Å². The minimum absolute atomic E-state index is 0.333. The zero-order chi connectivity index (χ0) is 15.1. The van der Waals surface area contributed by atoms with E-state index in [1.807, 2.05) is 26.2 Å². The smallest absolute Gasteiger partial charge is 0.239 e. The second kappa shape index (κ2) is 8.02. The van der Waals surface area contributed by atoms with Crippen LogP contribution in [0.15, 0.2) is 24.3 Å². The van der Waals surface area contributed by atoms with Crippen LogP contribution >= 0.6 is 0 Å². The third kappa shape index (κ3) is 5.72. The molecule has 0 saturated carbocycles. The molecule has 1 unspecified atom stereocenters. The van der Waals surface area contributed by atoms with Crippen molar-refractivity contribution in [1.82, 2.24) is 10.2 Å². The minimum Gasteiger partial charge on any atom is -0.368 e. The molecule has 0 fully saturated rings. The Kier molecular flexibility index (Phi) is 6.68. The topological polar surface area (TPSA) is 58.4 Å². The lowest BCUT2D eigenvalue weighted by Crippen LogP contribution is -2.37. The molecular formula is C16H27N3O. The fourth-order valence-electron chi connectivity index (χ4n) is 2.13. The average Bonchev–Trinajstić information content (AvgIpc) is 2.34. The van der Waals surface area contributed by atoms with Crippen molar-refractivity contribution >= 4 is 5.91 Å². The molecule has 0 spiro atoms. The Morgan fingerprint density at radius 3 is 2.30 bits per heavy atom. The van der Waals surface area contributed by atoms with Crippen molar-refractivity contribution in [3.05, 3.63) is 35.4 Å². The van der Waals surface area contributed by atoms with Crippen molar-refractivity contribution < 1.29 is 4.79 Å². The van der Waals surface area contributed by atoms with E-state index in [-0.39, 0.29) is 5.91 Å². The molecule has 1 aromatic rings. The van der Waals surface area contributed by atoms with Crippen LogP contribution in [0.1, 0.15) is 31.0 Å². The van der Waals surface area contributed by atoms with Gasteiger partial charge >= 0.3 is 0 Å². The quantitative estimate of drug-likeness (QED) is 0.758. The number of primary amides is 1. The predicted molar refractivity (Wildman–Crippen MR) is 83.5 cm³/mol. The van der Waals surface area contributed by atoms with Crippen LogP contribution in [0.3, 0.4) is 0 Å². The Balaban J connectivity index is 2.69. The van der Waals surface area contributed by atoms with Crippen LogP contribution in [-0.2, 0) is 11.2 Å². The van der Waals surface area contributed by atoms with Crippen molar-refractivity contribution in [3.8, 4) is 0 Å². The van der Waals surface area contributed by atoms with E-state index in [1.165, 1.54) is 5.56 Å². The van der Waals surface area contributed by atoms with Crippen LogP contribution in [0, 0.1) is 5.92 Å². The maximum atomic E-state index is 11.6. The third-order valence-corrected chi connectivity index (χ3v) is 3.15. The number of likely N-dealkylation sites (N-methyl/N-ethyl adjacent to an activating group) is 1. The van der Waals surface area contributed by atoms with E-state index in [4.69, 9.17) is 5.73 Å². The van der Waals surface area contributed by atoms with Gasteiger partial charge in [0, 0.05) is 13.1 Å². The number of rotatable bonds is 8. The molecule has 0 aliphatic rings. The van der Waals surface area contributed by atoms with E-state index in [2.05, 4.69) is 36.2 Å². The number of hydrogen-bond acceptors (Lipinski definition) is 3. The summed E-state index contributed by atoms with van der Waals surface area (Å²) in [5.41, 5.74) is 7.72. The van der Waals surface area contributed by atoms with Gasteiger partial charge in [-0.1, -0.05) is 38.1 Å². The molecule has 1 aromatic carbocycles. The molecule has 0 aromatic heterocycles.